The van der Waals surface area contributed by atoms with Crippen molar-refractivity contribution in [1.82, 2.24) is 4.90 Å². The summed E-state index contributed by atoms with van der Waals surface area (Å²) in [7, 11) is 0. The summed E-state index contributed by atoms with van der Waals surface area (Å²) in [6, 6.07) is 6.00. The molecule has 0 saturated heterocycles. The van der Waals surface area contributed by atoms with Gasteiger partial charge in [0, 0.05) is 24.2 Å². The molecule has 0 radical (unpaired) electrons. The second-order valence-electron chi connectivity index (χ2n) is 4.65. The van der Waals surface area contributed by atoms with Crippen LogP contribution in [0.15, 0.2) is 22.7 Å². The fraction of sp³-hybridized carbons (Fsp3) is 0.600. The van der Waals surface area contributed by atoms with Crippen LogP contribution in [0.1, 0.15) is 26.7 Å². The SMILES string of the molecule is CCC(CC)N(CCO)CCOc1ccc(Cl)cc1Br. The van der Waals surface area contributed by atoms with Crippen molar-refractivity contribution in [2.45, 2.75) is 32.7 Å². The minimum atomic E-state index is 0.182. The number of ether oxygens (including phenoxy) is 1. The van der Waals surface area contributed by atoms with Crippen LogP contribution in [0, 0.1) is 0 Å². The molecule has 0 fully saturated rings. The van der Waals surface area contributed by atoms with Crippen LogP contribution in [0.25, 0.3) is 0 Å². The lowest BCUT2D eigenvalue weighted by Crippen LogP contribution is -2.39. The zero-order valence-electron chi connectivity index (χ0n) is 12.1. The number of aliphatic hydroxyl groups excluding tert-OH is 1. The Morgan fingerprint density at radius 3 is 2.55 bits per heavy atom. The van der Waals surface area contributed by atoms with Gasteiger partial charge in [0.05, 0.1) is 11.1 Å². The minimum absolute atomic E-state index is 0.182. The summed E-state index contributed by atoms with van der Waals surface area (Å²) in [5.74, 6) is 0.794. The second kappa shape index (κ2) is 9.61. The number of hydrogen-bond acceptors (Lipinski definition) is 3. The van der Waals surface area contributed by atoms with E-state index in [1.807, 2.05) is 18.2 Å². The molecule has 0 atom stereocenters. The smallest absolute Gasteiger partial charge is 0.133 e. The molecule has 0 unspecified atom stereocenters. The highest BCUT2D eigenvalue weighted by Gasteiger charge is 2.14. The number of benzene rings is 1. The minimum Gasteiger partial charge on any atom is -0.491 e. The van der Waals surface area contributed by atoms with Crippen LogP contribution in [0.5, 0.6) is 5.75 Å². The average molecular weight is 365 g/mol. The number of hydrogen-bond donors (Lipinski definition) is 1. The molecule has 0 aliphatic carbocycles. The van der Waals surface area contributed by atoms with Gasteiger partial charge in [0.2, 0.25) is 0 Å². The van der Waals surface area contributed by atoms with Crippen molar-refractivity contribution in [3.63, 3.8) is 0 Å². The van der Waals surface area contributed by atoms with Gasteiger partial charge in [-0.25, -0.2) is 0 Å². The van der Waals surface area contributed by atoms with E-state index in [1.165, 1.54) is 0 Å². The molecule has 1 rings (SSSR count). The zero-order chi connectivity index (χ0) is 15.0. The van der Waals surface area contributed by atoms with Crippen molar-refractivity contribution in [2.75, 3.05) is 26.3 Å². The number of nitrogens with zero attached hydrogens (tertiary/aromatic N) is 1. The van der Waals surface area contributed by atoms with Crippen LogP contribution < -0.4 is 4.74 Å². The summed E-state index contributed by atoms with van der Waals surface area (Å²) in [4.78, 5) is 2.28. The Morgan fingerprint density at radius 2 is 2.00 bits per heavy atom. The normalized spacial score (nSPS) is 11.3. The predicted molar refractivity (Wildman–Crippen MR) is 87.7 cm³/mol. The Labute approximate surface area is 135 Å². The van der Waals surface area contributed by atoms with E-state index in [9.17, 15) is 0 Å². The van der Waals surface area contributed by atoms with Crippen LogP contribution in [0.3, 0.4) is 0 Å². The van der Waals surface area contributed by atoms with E-state index in [4.69, 9.17) is 21.4 Å². The largest absolute Gasteiger partial charge is 0.491 e. The van der Waals surface area contributed by atoms with Gasteiger partial charge in [0.25, 0.3) is 0 Å². The van der Waals surface area contributed by atoms with E-state index < -0.39 is 0 Å². The van der Waals surface area contributed by atoms with Crippen LogP contribution in [-0.2, 0) is 0 Å². The summed E-state index contributed by atoms with van der Waals surface area (Å²) < 4.78 is 6.64. The molecule has 5 heteroatoms. The van der Waals surface area contributed by atoms with Gasteiger partial charge in [-0.05, 0) is 47.0 Å². The third-order valence-electron chi connectivity index (χ3n) is 3.38. The summed E-state index contributed by atoms with van der Waals surface area (Å²) in [5.41, 5.74) is 0. The zero-order valence-corrected chi connectivity index (χ0v) is 14.5. The molecule has 0 aliphatic heterocycles. The Bertz CT molecular complexity index is 399. The highest BCUT2D eigenvalue weighted by molar-refractivity contribution is 9.10. The van der Waals surface area contributed by atoms with E-state index in [1.54, 1.807) is 0 Å². The third-order valence-corrected chi connectivity index (χ3v) is 4.23. The summed E-state index contributed by atoms with van der Waals surface area (Å²) in [5, 5.41) is 9.85. The van der Waals surface area contributed by atoms with Crippen molar-refractivity contribution in [3.8, 4) is 5.75 Å². The number of halogens is 2. The van der Waals surface area contributed by atoms with Gasteiger partial charge in [-0.15, -0.1) is 0 Å². The molecule has 0 bridgehead atoms. The average Bonchev–Trinajstić information content (AvgIpc) is 2.42. The van der Waals surface area contributed by atoms with Gasteiger partial charge in [0.1, 0.15) is 12.4 Å². The molecular formula is C15H23BrClNO2. The lowest BCUT2D eigenvalue weighted by Gasteiger charge is -2.29. The molecule has 0 amide bonds. The molecule has 0 saturated carbocycles. The summed E-state index contributed by atoms with van der Waals surface area (Å²) in [6.45, 7) is 6.63. The molecule has 0 aromatic heterocycles. The first-order valence-electron chi connectivity index (χ1n) is 7.05. The standard InChI is InChI=1S/C15H23BrClNO2/c1-3-13(4-2)18(7-9-19)8-10-20-15-6-5-12(17)11-14(15)16/h5-6,11,13,19H,3-4,7-10H2,1-2H3. The van der Waals surface area contributed by atoms with Gasteiger partial charge < -0.3 is 9.84 Å². The first kappa shape index (κ1) is 17.8. The van der Waals surface area contributed by atoms with Crippen molar-refractivity contribution in [3.05, 3.63) is 27.7 Å². The first-order valence-corrected chi connectivity index (χ1v) is 8.22. The topological polar surface area (TPSA) is 32.7 Å². The number of rotatable bonds is 9. The van der Waals surface area contributed by atoms with Crippen molar-refractivity contribution in [2.24, 2.45) is 0 Å². The summed E-state index contributed by atoms with van der Waals surface area (Å²) >= 11 is 9.34. The monoisotopic (exact) mass is 363 g/mol. The van der Waals surface area contributed by atoms with Gasteiger partial charge >= 0.3 is 0 Å². The fourth-order valence-electron chi connectivity index (χ4n) is 2.28. The second-order valence-corrected chi connectivity index (χ2v) is 5.94. The van der Waals surface area contributed by atoms with E-state index in [-0.39, 0.29) is 6.61 Å². The summed E-state index contributed by atoms with van der Waals surface area (Å²) in [6.07, 6.45) is 2.17. The third kappa shape index (κ3) is 5.60. The van der Waals surface area contributed by atoms with Crippen LogP contribution in [0.4, 0.5) is 0 Å². The van der Waals surface area contributed by atoms with E-state index in [0.717, 1.165) is 29.6 Å². The maximum absolute atomic E-state index is 9.16. The van der Waals surface area contributed by atoms with E-state index in [0.29, 0.717) is 24.2 Å². The Kier molecular flexibility index (Phi) is 8.53. The lowest BCUT2D eigenvalue weighted by molar-refractivity contribution is 0.122. The van der Waals surface area contributed by atoms with Crippen LogP contribution in [-0.4, -0.2) is 42.4 Å². The highest BCUT2D eigenvalue weighted by atomic mass is 79.9. The van der Waals surface area contributed by atoms with Crippen molar-refractivity contribution in [1.29, 1.82) is 0 Å². The van der Waals surface area contributed by atoms with Crippen molar-refractivity contribution < 1.29 is 9.84 Å². The molecule has 1 aromatic rings. The van der Waals surface area contributed by atoms with Crippen LogP contribution >= 0.6 is 27.5 Å². The predicted octanol–water partition coefficient (Wildman–Crippen LogP) is 3.96. The molecular weight excluding hydrogens is 342 g/mol. The van der Waals surface area contributed by atoms with Crippen LogP contribution in [0.2, 0.25) is 5.02 Å². The van der Waals surface area contributed by atoms with Gasteiger partial charge in [-0.3, -0.25) is 4.90 Å². The maximum atomic E-state index is 9.16. The molecule has 0 aliphatic rings. The Balaban J connectivity index is 2.51. The first-order chi connectivity index (χ1) is 9.62. The maximum Gasteiger partial charge on any atom is 0.133 e. The molecule has 114 valence electrons. The van der Waals surface area contributed by atoms with Gasteiger partial charge in [-0.2, -0.15) is 0 Å². The quantitative estimate of drug-likeness (QED) is 0.720. The van der Waals surface area contributed by atoms with Crippen molar-refractivity contribution >= 4 is 27.5 Å². The molecule has 1 aromatic carbocycles. The lowest BCUT2D eigenvalue weighted by atomic mass is 10.1. The van der Waals surface area contributed by atoms with Gasteiger partial charge in [-0.1, -0.05) is 25.4 Å². The Hall–Kier alpha value is -0.290. The van der Waals surface area contributed by atoms with Gasteiger partial charge in [0.15, 0.2) is 0 Å². The molecule has 20 heavy (non-hydrogen) atoms. The molecule has 0 heterocycles. The molecule has 1 N–H and O–H groups in total. The number of aliphatic hydroxyl groups is 1. The van der Waals surface area contributed by atoms with E-state index in [2.05, 4.69) is 34.7 Å². The molecule has 3 nitrogen and oxygen atoms in total. The highest BCUT2D eigenvalue weighted by Crippen LogP contribution is 2.27. The fourth-order valence-corrected chi connectivity index (χ4v) is 3.07. The molecule has 0 spiro atoms. The van der Waals surface area contributed by atoms with E-state index >= 15 is 0 Å². The Morgan fingerprint density at radius 1 is 1.30 bits per heavy atom.